The minimum absolute atomic E-state index is 0.149. The van der Waals surface area contributed by atoms with E-state index in [0.29, 0.717) is 5.56 Å². The molecule has 1 amide bonds. The number of carbonyl (C=O) groups excluding carboxylic acids is 1. The molecule has 1 aromatic rings. The second-order valence-electron chi connectivity index (χ2n) is 3.19. The van der Waals surface area contributed by atoms with Gasteiger partial charge in [-0.15, -0.1) is 16.5 Å². The third-order valence-corrected chi connectivity index (χ3v) is 3.44. The molecule has 0 aromatic heterocycles. The van der Waals surface area contributed by atoms with Crippen LogP contribution in [0, 0.1) is 4.91 Å². The van der Waals surface area contributed by atoms with Crippen molar-refractivity contribution in [3.8, 4) is 0 Å². The number of rotatable bonds is 4. The lowest BCUT2D eigenvalue weighted by atomic mass is 10.1. The number of nitrogens with zero attached hydrogens (tertiary/aromatic N) is 2. The highest BCUT2D eigenvalue weighted by Gasteiger charge is 2.18. The number of amides is 1. The van der Waals surface area contributed by atoms with E-state index in [-0.39, 0.29) is 20.1 Å². The molecule has 0 N–H and O–H groups in total. The van der Waals surface area contributed by atoms with Gasteiger partial charge in [0.2, 0.25) is 0 Å². The van der Waals surface area contributed by atoms with Crippen molar-refractivity contribution in [2.45, 2.75) is 5.38 Å². The first-order chi connectivity index (χ1) is 8.36. The monoisotopic (exact) mass is 329 g/mol. The Kier molecular flexibility index (Phi) is 5.47. The van der Waals surface area contributed by atoms with Gasteiger partial charge in [-0.05, 0) is 17.7 Å². The fraction of sp³-hybridized carbons (Fsp3) is 0.222. The van der Waals surface area contributed by atoms with Crippen molar-refractivity contribution in [2.24, 2.45) is 5.29 Å². The Morgan fingerprint density at radius 1 is 1.28 bits per heavy atom. The fourth-order valence-electron chi connectivity index (χ4n) is 1.17. The molecule has 0 saturated heterocycles. The Labute approximate surface area is 122 Å². The van der Waals surface area contributed by atoms with Crippen molar-refractivity contribution < 1.29 is 9.90 Å². The first-order valence-corrected chi connectivity index (χ1v) is 6.04. The van der Waals surface area contributed by atoms with Gasteiger partial charge in [0.05, 0.1) is 27.3 Å². The van der Waals surface area contributed by atoms with Crippen molar-refractivity contribution in [3.63, 3.8) is 0 Å². The van der Waals surface area contributed by atoms with Crippen LogP contribution in [0.25, 0.3) is 0 Å². The summed E-state index contributed by atoms with van der Waals surface area (Å²) in [6, 6.07) is 2.76. The maximum absolute atomic E-state index is 10.5. The number of nitroso groups, excluding NO2 is 1. The molecule has 5 nitrogen and oxygen atoms in total. The molecule has 1 unspecified atom stereocenters. The van der Waals surface area contributed by atoms with Crippen molar-refractivity contribution >= 4 is 52.5 Å². The van der Waals surface area contributed by atoms with Crippen LogP contribution in [-0.4, -0.2) is 17.6 Å². The Morgan fingerprint density at radius 3 is 2.33 bits per heavy atom. The summed E-state index contributed by atoms with van der Waals surface area (Å²) in [7, 11) is 0. The number of carboxylic acid groups (broad SMARTS) is 1. The van der Waals surface area contributed by atoms with Gasteiger partial charge in [-0.3, -0.25) is 0 Å². The van der Waals surface area contributed by atoms with Gasteiger partial charge >= 0.3 is 0 Å². The Balaban J connectivity index is 2.97. The molecule has 0 spiro atoms. The van der Waals surface area contributed by atoms with Crippen LogP contribution in [0.15, 0.2) is 17.4 Å². The van der Waals surface area contributed by atoms with Gasteiger partial charge in [-0.2, -0.15) is 0 Å². The second-order valence-corrected chi connectivity index (χ2v) is 4.93. The van der Waals surface area contributed by atoms with Gasteiger partial charge in [-0.25, -0.2) is 5.01 Å². The van der Waals surface area contributed by atoms with E-state index in [1.165, 1.54) is 12.1 Å². The van der Waals surface area contributed by atoms with Gasteiger partial charge in [0.25, 0.3) is 0 Å². The third-order valence-electron chi connectivity index (χ3n) is 2.02. The predicted molar refractivity (Wildman–Crippen MR) is 68.0 cm³/mol. The lowest BCUT2D eigenvalue weighted by molar-refractivity contribution is -0.265. The van der Waals surface area contributed by atoms with Crippen LogP contribution in [-0.2, 0) is 0 Å². The van der Waals surface area contributed by atoms with E-state index in [1.807, 2.05) is 0 Å². The minimum Gasteiger partial charge on any atom is -0.529 e. The standard InChI is InChI=1S/C9H6Cl4N2O3/c10-5-2-7(12)6(11)1-4(5)8(13)3-15(14-18)9(16)17/h1-2,8H,3H2,(H,16,17)/p-1. The van der Waals surface area contributed by atoms with Crippen molar-refractivity contribution in [3.05, 3.63) is 37.7 Å². The summed E-state index contributed by atoms with van der Waals surface area (Å²) in [5.41, 5.74) is 0.336. The fourth-order valence-corrected chi connectivity index (χ4v) is 2.22. The van der Waals surface area contributed by atoms with Gasteiger partial charge in [0.15, 0.2) is 6.09 Å². The highest BCUT2D eigenvalue weighted by atomic mass is 35.5. The third kappa shape index (κ3) is 3.62. The molecule has 1 rings (SSSR count). The zero-order chi connectivity index (χ0) is 13.9. The molecule has 0 radical (unpaired) electrons. The van der Waals surface area contributed by atoms with Gasteiger partial charge in [0, 0.05) is 5.02 Å². The second kappa shape index (κ2) is 6.43. The van der Waals surface area contributed by atoms with Crippen LogP contribution in [0.2, 0.25) is 15.1 Å². The number of hydrogen-bond acceptors (Lipinski definition) is 4. The van der Waals surface area contributed by atoms with Crippen LogP contribution < -0.4 is 5.11 Å². The highest BCUT2D eigenvalue weighted by molar-refractivity contribution is 6.43. The summed E-state index contributed by atoms with van der Waals surface area (Å²) < 4.78 is 0. The van der Waals surface area contributed by atoms with Gasteiger partial charge in [-0.1, -0.05) is 34.8 Å². The van der Waals surface area contributed by atoms with E-state index in [1.54, 1.807) is 0 Å². The lowest BCUT2D eigenvalue weighted by Crippen LogP contribution is -2.39. The number of halogens is 4. The molecule has 0 aliphatic rings. The zero-order valence-corrected chi connectivity index (χ0v) is 11.6. The molecule has 0 fully saturated rings. The van der Waals surface area contributed by atoms with Gasteiger partial charge < -0.3 is 9.90 Å². The Hall–Kier alpha value is -0.750. The van der Waals surface area contributed by atoms with E-state index >= 15 is 0 Å². The van der Waals surface area contributed by atoms with Crippen LogP contribution in [0.1, 0.15) is 10.9 Å². The SMILES string of the molecule is O=NN(CC(Cl)c1cc(Cl)c(Cl)cc1Cl)C(=O)[O-]. The molecule has 0 saturated carbocycles. The average molecular weight is 331 g/mol. The van der Waals surface area contributed by atoms with Crippen LogP contribution in [0.4, 0.5) is 4.79 Å². The summed E-state index contributed by atoms with van der Waals surface area (Å²) >= 11 is 23.3. The summed E-state index contributed by atoms with van der Waals surface area (Å²) in [5, 5.41) is 12.6. The summed E-state index contributed by atoms with van der Waals surface area (Å²) in [6.45, 7) is -0.412. The molecule has 1 atom stereocenters. The molecule has 1 aromatic carbocycles. The van der Waals surface area contributed by atoms with Gasteiger partial charge in [0.1, 0.15) is 0 Å². The largest absolute Gasteiger partial charge is 0.529 e. The molecule has 9 heteroatoms. The zero-order valence-electron chi connectivity index (χ0n) is 8.57. The molecule has 0 aliphatic heterocycles. The van der Waals surface area contributed by atoms with Crippen molar-refractivity contribution in [1.82, 2.24) is 5.01 Å². The van der Waals surface area contributed by atoms with Crippen LogP contribution in [0.3, 0.4) is 0 Å². The topological polar surface area (TPSA) is 72.8 Å². The molecule has 0 heterocycles. The highest BCUT2D eigenvalue weighted by Crippen LogP contribution is 2.35. The minimum atomic E-state index is -1.76. The molecule has 18 heavy (non-hydrogen) atoms. The number of hydrogen-bond donors (Lipinski definition) is 0. The van der Waals surface area contributed by atoms with E-state index in [9.17, 15) is 14.8 Å². The molecule has 98 valence electrons. The predicted octanol–water partition coefficient (Wildman–Crippen LogP) is 3.25. The number of alkyl halides is 1. The maximum atomic E-state index is 10.5. The van der Waals surface area contributed by atoms with E-state index in [0.717, 1.165) is 0 Å². The van der Waals surface area contributed by atoms with Crippen LogP contribution >= 0.6 is 46.4 Å². The summed E-state index contributed by atoms with van der Waals surface area (Å²) in [4.78, 5) is 20.7. The van der Waals surface area contributed by atoms with E-state index in [2.05, 4.69) is 5.29 Å². The van der Waals surface area contributed by atoms with E-state index < -0.39 is 18.0 Å². The summed E-state index contributed by atoms with van der Waals surface area (Å²) in [6.07, 6.45) is -1.76. The average Bonchev–Trinajstić information content (AvgIpc) is 2.29. The first-order valence-electron chi connectivity index (χ1n) is 4.47. The van der Waals surface area contributed by atoms with E-state index in [4.69, 9.17) is 46.4 Å². The Bertz CT molecular complexity index is 483. The van der Waals surface area contributed by atoms with Crippen molar-refractivity contribution in [2.75, 3.05) is 6.54 Å². The number of carbonyl (C=O) groups is 1. The summed E-state index contributed by atoms with van der Waals surface area (Å²) in [5.74, 6) is 0. The maximum Gasteiger partial charge on any atom is 0.161 e. The molecular formula is C9H5Cl4N2O3-. The molecule has 0 aliphatic carbocycles. The quantitative estimate of drug-likeness (QED) is 0.368. The molecule has 0 bridgehead atoms. The lowest BCUT2D eigenvalue weighted by Gasteiger charge is -2.19. The smallest absolute Gasteiger partial charge is 0.161 e. The Morgan fingerprint density at radius 2 is 1.83 bits per heavy atom. The first kappa shape index (κ1) is 15.3. The normalized spacial score (nSPS) is 12.0. The van der Waals surface area contributed by atoms with Crippen LogP contribution in [0.5, 0.6) is 0 Å². The molecular weight excluding hydrogens is 326 g/mol. The number of benzene rings is 1. The van der Waals surface area contributed by atoms with Crippen molar-refractivity contribution in [1.29, 1.82) is 0 Å².